The summed E-state index contributed by atoms with van der Waals surface area (Å²) in [5, 5.41) is 7.61. The van der Waals surface area contributed by atoms with E-state index in [1.54, 1.807) is 11.5 Å². The van der Waals surface area contributed by atoms with Gasteiger partial charge in [0.05, 0.1) is 12.3 Å². The molecule has 1 aromatic carbocycles. The molecule has 2 aliphatic rings. The monoisotopic (exact) mass is 316 g/mol. The Balaban J connectivity index is 1.57. The molecule has 0 radical (unpaired) electrons. The number of aryl methyl sites for hydroxylation is 2. The summed E-state index contributed by atoms with van der Waals surface area (Å²) >= 11 is 0. The standard InChI is InChI=1S/C15H20N6O2/c1-10-7-12(21-9-17-20(3)19-21)8-11(2)14(10)22-6-4-5-13-15(18-16)23-13/h7-9,13,19H,4-6H2,1-3H3. The van der Waals surface area contributed by atoms with E-state index in [2.05, 4.69) is 27.6 Å². The van der Waals surface area contributed by atoms with E-state index in [4.69, 9.17) is 15.0 Å². The van der Waals surface area contributed by atoms with Gasteiger partial charge in [-0.15, -0.1) is 15.4 Å². The van der Waals surface area contributed by atoms with E-state index in [0.717, 1.165) is 35.4 Å². The fourth-order valence-electron chi connectivity index (χ4n) is 2.58. The molecule has 8 heteroatoms. The second-order valence-corrected chi connectivity index (χ2v) is 5.67. The highest BCUT2D eigenvalue weighted by atomic mass is 16.6. The topological polar surface area (TPSA) is 89.0 Å². The smallest absolute Gasteiger partial charge is 0.492 e. The maximum absolute atomic E-state index is 8.53. The third-order valence-corrected chi connectivity index (χ3v) is 3.75. The van der Waals surface area contributed by atoms with Crippen LogP contribution in [-0.4, -0.2) is 41.9 Å². The van der Waals surface area contributed by atoms with E-state index in [-0.39, 0.29) is 6.10 Å². The minimum atomic E-state index is -0.0364. The van der Waals surface area contributed by atoms with Crippen molar-refractivity contribution in [3.05, 3.63) is 28.8 Å². The molecule has 2 heterocycles. The minimum absolute atomic E-state index is 0.0364. The van der Waals surface area contributed by atoms with Crippen LogP contribution in [0.5, 0.6) is 5.75 Å². The van der Waals surface area contributed by atoms with Gasteiger partial charge in [0.15, 0.2) is 0 Å². The lowest BCUT2D eigenvalue weighted by Crippen LogP contribution is -2.38. The van der Waals surface area contributed by atoms with Crippen molar-refractivity contribution in [2.24, 2.45) is 5.10 Å². The van der Waals surface area contributed by atoms with Crippen LogP contribution in [0.2, 0.25) is 0 Å². The van der Waals surface area contributed by atoms with Crippen LogP contribution in [-0.2, 0) is 4.74 Å². The maximum atomic E-state index is 8.53. The van der Waals surface area contributed by atoms with Crippen LogP contribution in [0.15, 0.2) is 17.2 Å². The van der Waals surface area contributed by atoms with Crippen molar-refractivity contribution in [2.75, 3.05) is 18.7 Å². The van der Waals surface area contributed by atoms with Crippen molar-refractivity contribution in [1.29, 1.82) is 0 Å². The van der Waals surface area contributed by atoms with Gasteiger partial charge in [0.2, 0.25) is 6.10 Å². The first kappa shape index (κ1) is 15.3. The van der Waals surface area contributed by atoms with Crippen LogP contribution in [0.1, 0.15) is 24.0 Å². The summed E-state index contributed by atoms with van der Waals surface area (Å²) in [5.74, 6) is 1.33. The van der Waals surface area contributed by atoms with E-state index in [0.29, 0.717) is 12.5 Å². The molecule has 1 aromatic rings. The van der Waals surface area contributed by atoms with Gasteiger partial charge in [-0.2, -0.15) is 0 Å². The molecule has 1 fully saturated rings. The van der Waals surface area contributed by atoms with Crippen LogP contribution < -0.4 is 15.3 Å². The lowest BCUT2D eigenvalue weighted by Gasteiger charge is -2.20. The molecular weight excluding hydrogens is 296 g/mol. The van der Waals surface area contributed by atoms with Crippen LogP contribution in [0.4, 0.5) is 5.69 Å². The lowest BCUT2D eigenvalue weighted by atomic mass is 10.1. The SMILES string of the molecule is Cc1cc(N2C=NN(C)N2)cc(C)c1OCCCC1OC1=[N+]=[N-]. The molecule has 23 heavy (non-hydrogen) atoms. The first-order valence-electron chi connectivity index (χ1n) is 7.54. The van der Waals surface area contributed by atoms with Gasteiger partial charge in [-0.1, -0.05) is 0 Å². The summed E-state index contributed by atoms with van der Waals surface area (Å²) in [7, 11) is 1.84. The largest absolute Gasteiger partial charge is 0.493 e. The van der Waals surface area contributed by atoms with Crippen LogP contribution in [0, 0.1) is 13.8 Å². The maximum Gasteiger partial charge on any atom is 0.492 e. The van der Waals surface area contributed by atoms with Gasteiger partial charge < -0.3 is 15.0 Å². The van der Waals surface area contributed by atoms with Gasteiger partial charge in [0.25, 0.3) is 0 Å². The third-order valence-electron chi connectivity index (χ3n) is 3.75. The number of nitrogens with zero attached hydrogens (tertiary/aromatic N) is 5. The summed E-state index contributed by atoms with van der Waals surface area (Å²) in [4.78, 5) is 3.03. The molecular formula is C15H20N6O2. The molecule has 0 saturated carbocycles. The van der Waals surface area contributed by atoms with E-state index in [1.165, 1.54) is 0 Å². The van der Waals surface area contributed by atoms with Crippen LogP contribution >= 0.6 is 0 Å². The van der Waals surface area contributed by atoms with Crippen molar-refractivity contribution in [2.45, 2.75) is 32.8 Å². The van der Waals surface area contributed by atoms with Gasteiger partial charge in [0, 0.05) is 13.5 Å². The molecule has 3 rings (SSSR count). The average molecular weight is 316 g/mol. The minimum Gasteiger partial charge on any atom is -0.493 e. The Bertz CT molecular complexity index is 660. The number of hydrogen-bond donors (Lipinski definition) is 1. The molecule has 8 nitrogen and oxygen atoms in total. The lowest BCUT2D eigenvalue weighted by molar-refractivity contribution is -0.00973. The molecule has 0 bridgehead atoms. The molecule has 2 aliphatic heterocycles. The number of benzene rings is 1. The second kappa shape index (κ2) is 6.28. The van der Waals surface area contributed by atoms with Gasteiger partial charge >= 0.3 is 5.90 Å². The van der Waals surface area contributed by atoms with Crippen molar-refractivity contribution in [3.63, 3.8) is 0 Å². The van der Waals surface area contributed by atoms with Crippen LogP contribution in [0.3, 0.4) is 0 Å². The molecule has 122 valence electrons. The predicted octanol–water partition coefficient (Wildman–Crippen LogP) is 1.60. The first-order chi connectivity index (χ1) is 11.1. The summed E-state index contributed by atoms with van der Waals surface area (Å²) in [6, 6.07) is 4.11. The van der Waals surface area contributed by atoms with Crippen molar-refractivity contribution in [3.8, 4) is 5.75 Å². The van der Waals surface area contributed by atoms with Crippen molar-refractivity contribution >= 4 is 17.9 Å². The number of epoxide rings is 1. The Morgan fingerprint density at radius 3 is 2.70 bits per heavy atom. The summed E-state index contributed by atoms with van der Waals surface area (Å²) in [6.45, 7) is 4.67. The summed E-state index contributed by atoms with van der Waals surface area (Å²) in [6.07, 6.45) is 3.33. The van der Waals surface area contributed by atoms with E-state index < -0.39 is 0 Å². The van der Waals surface area contributed by atoms with E-state index >= 15 is 0 Å². The fourth-order valence-corrected chi connectivity index (χ4v) is 2.58. The van der Waals surface area contributed by atoms with E-state index in [9.17, 15) is 0 Å². The number of hydrazone groups is 1. The van der Waals surface area contributed by atoms with Crippen molar-refractivity contribution < 1.29 is 14.3 Å². The van der Waals surface area contributed by atoms with Gasteiger partial charge in [0.1, 0.15) is 12.1 Å². The number of anilines is 1. The Kier molecular flexibility index (Phi) is 4.18. The Morgan fingerprint density at radius 1 is 1.39 bits per heavy atom. The molecule has 0 aliphatic carbocycles. The fraction of sp³-hybridized carbons (Fsp3) is 0.467. The third kappa shape index (κ3) is 3.44. The molecule has 1 unspecified atom stereocenters. The highest BCUT2D eigenvalue weighted by molar-refractivity contribution is 5.87. The van der Waals surface area contributed by atoms with Crippen LogP contribution in [0.25, 0.3) is 5.53 Å². The predicted molar refractivity (Wildman–Crippen MR) is 86.0 cm³/mol. The second-order valence-electron chi connectivity index (χ2n) is 5.67. The number of ether oxygens (including phenoxy) is 2. The van der Waals surface area contributed by atoms with Gasteiger partial charge in [-0.3, -0.25) is 0 Å². The summed E-state index contributed by atoms with van der Waals surface area (Å²) < 4.78 is 11.0. The molecule has 1 N–H and O–H groups in total. The molecule has 1 saturated heterocycles. The first-order valence-corrected chi connectivity index (χ1v) is 7.54. The molecule has 1 atom stereocenters. The highest BCUT2D eigenvalue weighted by Gasteiger charge is 2.44. The number of rotatable bonds is 6. The molecule has 0 amide bonds. The molecule has 0 aromatic heterocycles. The van der Waals surface area contributed by atoms with Gasteiger partial charge in [-0.05, 0) is 43.5 Å². The van der Waals surface area contributed by atoms with Gasteiger partial charge in [-0.25, -0.2) is 10.1 Å². The number of nitrogens with one attached hydrogen (secondary N) is 1. The quantitative estimate of drug-likeness (QED) is 0.373. The Morgan fingerprint density at radius 2 is 2.13 bits per heavy atom. The zero-order valence-corrected chi connectivity index (χ0v) is 13.5. The Hall–Kier alpha value is -2.57. The highest BCUT2D eigenvalue weighted by Crippen LogP contribution is 2.29. The number of hydrogen-bond acceptors (Lipinski definition) is 6. The zero-order valence-electron chi connectivity index (χ0n) is 13.5. The summed E-state index contributed by atoms with van der Waals surface area (Å²) in [5.41, 5.74) is 14.8. The van der Waals surface area contributed by atoms with E-state index in [1.807, 2.05) is 25.9 Å². The average Bonchev–Trinajstić information content (AvgIpc) is 3.15. The zero-order chi connectivity index (χ0) is 16.4. The normalized spacial score (nSPS) is 18.9. The van der Waals surface area contributed by atoms with Crippen molar-refractivity contribution in [1.82, 2.24) is 10.7 Å². The molecule has 0 spiro atoms. The Labute approximate surface area is 134 Å². The number of hydrazine groups is 2.